The molecule has 0 saturated carbocycles. The number of benzene rings is 1. The van der Waals surface area contributed by atoms with Gasteiger partial charge in [-0.05, 0) is 17.5 Å². The third-order valence-electron chi connectivity index (χ3n) is 2.76. The fourth-order valence-electron chi connectivity index (χ4n) is 1.76. The minimum atomic E-state index is -0.948. The SMILES string of the molecule is COc1c(Cl)cc(C(C)C)cc1C(N)CC(=O)O. The Hall–Kier alpha value is -1.26. The lowest BCUT2D eigenvalue weighted by atomic mass is 9.96. The van der Waals surface area contributed by atoms with Gasteiger partial charge >= 0.3 is 5.97 Å². The van der Waals surface area contributed by atoms with Gasteiger partial charge in [0.05, 0.1) is 18.6 Å². The Labute approximate surface area is 112 Å². The predicted molar refractivity (Wildman–Crippen MR) is 71.3 cm³/mol. The van der Waals surface area contributed by atoms with Crippen LogP contribution in [0.15, 0.2) is 12.1 Å². The molecule has 3 N–H and O–H groups in total. The van der Waals surface area contributed by atoms with Crippen LogP contribution in [0.25, 0.3) is 0 Å². The Balaban J connectivity index is 3.25. The number of carboxylic acid groups (broad SMARTS) is 1. The summed E-state index contributed by atoms with van der Waals surface area (Å²) < 4.78 is 5.21. The van der Waals surface area contributed by atoms with Gasteiger partial charge in [-0.25, -0.2) is 0 Å². The predicted octanol–water partition coefficient (Wildman–Crippen LogP) is 2.95. The van der Waals surface area contributed by atoms with Crippen LogP contribution in [0.3, 0.4) is 0 Å². The van der Waals surface area contributed by atoms with E-state index in [1.165, 1.54) is 7.11 Å². The van der Waals surface area contributed by atoms with Crippen molar-refractivity contribution in [3.8, 4) is 5.75 Å². The van der Waals surface area contributed by atoms with E-state index in [0.29, 0.717) is 16.3 Å². The highest BCUT2D eigenvalue weighted by Gasteiger charge is 2.19. The van der Waals surface area contributed by atoms with E-state index in [4.69, 9.17) is 27.2 Å². The van der Waals surface area contributed by atoms with Crippen molar-refractivity contribution >= 4 is 17.6 Å². The molecule has 0 aliphatic rings. The number of carbonyl (C=O) groups is 1. The maximum atomic E-state index is 10.7. The fourth-order valence-corrected chi connectivity index (χ4v) is 2.07. The van der Waals surface area contributed by atoms with Gasteiger partial charge in [0.1, 0.15) is 5.75 Å². The molecule has 0 heterocycles. The van der Waals surface area contributed by atoms with E-state index in [1.807, 2.05) is 26.0 Å². The van der Waals surface area contributed by atoms with E-state index < -0.39 is 12.0 Å². The molecule has 0 spiro atoms. The fraction of sp³-hybridized carbons (Fsp3) is 0.462. The molecule has 0 bridgehead atoms. The van der Waals surface area contributed by atoms with Crippen molar-refractivity contribution in [2.45, 2.75) is 32.2 Å². The smallest absolute Gasteiger partial charge is 0.305 e. The van der Waals surface area contributed by atoms with Crippen LogP contribution in [0.1, 0.15) is 43.4 Å². The topological polar surface area (TPSA) is 72.5 Å². The molecule has 5 heteroatoms. The first-order valence-electron chi connectivity index (χ1n) is 5.71. The van der Waals surface area contributed by atoms with Crippen LogP contribution < -0.4 is 10.5 Å². The zero-order valence-corrected chi connectivity index (χ0v) is 11.5. The minimum absolute atomic E-state index is 0.158. The highest BCUT2D eigenvalue weighted by Crippen LogP contribution is 2.36. The molecule has 4 nitrogen and oxygen atoms in total. The Kier molecular flexibility index (Phi) is 4.99. The van der Waals surface area contributed by atoms with Crippen molar-refractivity contribution in [2.75, 3.05) is 7.11 Å². The molecule has 0 aliphatic heterocycles. The number of ether oxygens (including phenoxy) is 1. The first kappa shape index (κ1) is 14.8. The molecule has 0 radical (unpaired) electrons. The van der Waals surface area contributed by atoms with Gasteiger partial charge in [0.2, 0.25) is 0 Å². The lowest BCUT2D eigenvalue weighted by Crippen LogP contribution is -2.16. The van der Waals surface area contributed by atoms with Gasteiger partial charge in [-0.15, -0.1) is 0 Å². The maximum Gasteiger partial charge on any atom is 0.305 e. The van der Waals surface area contributed by atoms with E-state index in [-0.39, 0.29) is 12.3 Å². The molecule has 0 aliphatic carbocycles. The summed E-state index contributed by atoms with van der Waals surface area (Å²) in [4.78, 5) is 10.7. The zero-order valence-electron chi connectivity index (χ0n) is 10.7. The van der Waals surface area contributed by atoms with Crippen LogP contribution in [0, 0.1) is 0 Å². The first-order chi connectivity index (χ1) is 8.36. The summed E-state index contributed by atoms with van der Waals surface area (Å²) in [7, 11) is 1.49. The summed E-state index contributed by atoms with van der Waals surface area (Å²) in [5.41, 5.74) is 7.54. The van der Waals surface area contributed by atoms with Gasteiger partial charge in [-0.2, -0.15) is 0 Å². The van der Waals surface area contributed by atoms with Crippen molar-refractivity contribution in [3.63, 3.8) is 0 Å². The standard InChI is InChI=1S/C13H18ClNO3/c1-7(2)8-4-9(11(15)6-12(16)17)13(18-3)10(14)5-8/h4-5,7,11H,6,15H2,1-3H3,(H,16,17). The molecular weight excluding hydrogens is 254 g/mol. The summed E-state index contributed by atoms with van der Waals surface area (Å²) in [6, 6.07) is 3.05. The Morgan fingerprint density at radius 3 is 2.56 bits per heavy atom. The van der Waals surface area contributed by atoms with Gasteiger partial charge < -0.3 is 15.6 Å². The molecule has 1 unspecified atom stereocenters. The summed E-state index contributed by atoms with van der Waals surface area (Å²) >= 11 is 6.13. The largest absolute Gasteiger partial charge is 0.495 e. The summed E-state index contributed by atoms with van der Waals surface area (Å²) in [5.74, 6) is -0.213. The second-order valence-corrected chi connectivity index (χ2v) is 4.89. The summed E-state index contributed by atoms with van der Waals surface area (Å²) in [6.45, 7) is 4.06. The summed E-state index contributed by atoms with van der Waals surface area (Å²) in [6.07, 6.45) is -0.158. The highest BCUT2D eigenvalue weighted by atomic mass is 35.5. The van der Waals surface area contributed by atoms with Crippen LogP contribution in [-0.4, -0.2) is 18.2 Å². The van der Waals surface area contributed by atoms with Crippen molar-refractivity contribution in [3.05, 3.63) is 28.3 Å². The van der Waals surface area contributed by atoms with Crippen LogP contribution in [0.5, 0.6) is 5.75 Å². The van der Waals surface area contributed by atoms with E-state index in [0.717, 1.165) is 5.56 Å². The van der Waals surface area contributed by atoms with Crippen LogP contribution in [-0.2, 0) is 4.79 Å². The minimum Gasteiger partial charge on any atom is -0.495 e. The average molecular weight is 272 g/mol. The van der Waals surface area contributed by atoms with Crippen molar-refractivity contribution in [2.24, 2.45) is 5.73 Å². The zero-order chi connectivity index (χ0) is 13.9. The third kappa shape index (κ3) is 3.37. The number of rotatable bonds is 5. The molecule has 18 heavy (non-hydrogen) atoms. The molecule has 1 rings (SSSR count). The second kappa shape index (κ2) is 6.07. The number of hydrogen-bond acceptors (Lipinski definition) is 3. The van der Waals surface area contributed by atoms with Gasteiger partial charge in [-0.1, -0.05) is 31.5 Å². The number of methoxy groups -OCH3 is 1. The second-order valence-electron chi connectivity index (χ2n) is 4.48. The number of halogens is 1. The molecule has 1 aromatic rings. The van der Waals surface area contributed by atoms with Crippen molar-refractivity contribution < 1.29 is 14.6 Å². The average Bonchev–Trinajstić information content (AvgIpc) is 2.26. The first-order valence-corrected chi connectivity index (χ1v) is 6.09. The third-order valence-corrected chi connectivity index (χ3v) is 3.04. The number of hydrogen-bond donors (Lipinski definition) is 2. The van der Waals surface area contributed by atoms with Crippen LogP contribution >= 0.6 is 11.6 Å². The van der Waals surface area contributed by atoms with Gasteiger partial charge in [0.25, 0.3) is 0 Å². The van der Waals surface area contributed by atoms with E-state index in [9.17, 15) is 4.79 Å². The van der Waals surface area contributed by atoms with E-state index >= 15 is 0 Å². The van der Waals surface area contributed by atoms with Gasteiger partial charge in [-0.3, -0.25) is 4.79 Å². The monoisotopic (exact) mass is 271 g/mol. The van der Waals surface area contributed by atoms with E-state index in [2.05, 4.69) is 0 Å². The van der Waals surface area contributed by atoms with Crippen molar-refractivity contribution in [1.82, 2.24) is 0 Å². The molecule has 0 aromatic heterocycles. The maximum absolute atomic E-state index is 10.7. The number of carboxylic acids is 1. The highest BCUT2D eigenvalue weighted by molar-refractivity contribution is 6.32. The quantitative estimate of drug-likeness (QED) is 0.864. The lowest BCUT2D eigenvalue weighted by Gasteiger charge is -2.18. The molecule has 0 fully saturated rings. The van der Waals surface area contributed by atoms with E-state index in [1.54, 1.807) is 0 Å². The Bertz CT molecular complexity index is 446. The molecular formula is C13H18ClNO3. The van der Waals surface area contributed by atoms with Crippen molar-refractivity contribution in [1.29, 1.82) is 0 Å². The van der Waals surface area contributed by atoms with Gasteiger partial charge in [0, 0.05) is 11.6 Å². The normalized spacial score (nSPS) is 12.6. The Morgan fingerprint density at radius 1 is 1.50 bits per heavy atom. The van der Waals surface area contributed by atoms with Crippen LogP contribution in [0.4, 0.5) is 0 Å². The number of nitrogens with two attached hydrogens (primary N) is 1. The lowest BCUT2D eigenvalue weighted by molar-refractivity contribution is -0.137. The summed E-state index contributed by atoms with van der Waals surface area (Å²) in [5, 5.41) is 9.26. The molecule has 100 valence electrons. The van der Waals surface area contributed by atoms with Crippen LogP contribution in [0.2, 0.25) is 5.02 Å². The molecule has 0 saturated heterocycles. The molecule has 0 amide bonds. The number of aliphatic carboxylic acids is 1. The molecule has 1 aromatic carbocycles. The Morgan fingerprint density at radius 2 is 2.11 bits per heavy atom. The molecule has 1 atom stereocenters. The van der Waals surface area contributed by atoms with Gasteiger partial charge in [0.15, 0.2) is 0 Å².